The minimum absolute atomic E-state index is 0.484. The number of benzene rings is 10. The topological polar surface area (TPSA) is 96.7 Å². The fourth-order valence-corrected chi connectivity index (χ4v) is 10.6. The molecule has 0 N–H and O–H groups in total. The fourth-order valence-electron chi connectivity index (χ4n) is 10.6. The first-order valence-corrected chi connectivity index (χ1v) is 26.6. The Balaban J connectivity index is 1.07. The summed E-state index contributed by atoms with van der Waals surface area (Å²) >= 11 is 0. The SMILES string of the molecule is c1ccc(-c2cc(-c3ccc(N4c5ccccc5N(c5nc(-c6ccccc6)cc(-c6ccccc6)n5)c5ccccc54)c(-c4nc(-c5ccccc5)nc(-c5ccccc5)n4)c3-c3ccccc3)nc(-c3ccccc3)n2)cc1. The molecule has 0 aliphatic carbocycles. The predicted octanol–water partition coefficient (Wildman–Crippen LogP) is 17.7. The molecule has 0 atom stereocenters. The van der Waals surface area contributed by atoms with Crippen molar-refractivity contribution in [1.82, 2.24) is 34.9 Å². The zero-order valence-electron chi connectivity index (χ0n) is 43.2. The molecule has 4 heterocycles. The van der Waals surface area contributed by atoms with Crippen LogP contribution in [0, 0.1) is 0 Å². The third kappa shape index (κ3) is 9.00. The summed E-state index contributed by atoms with van der Waals surface area (Å²) in [6, 6.07) is 97.3. The lowest BCUT2D eigenvalue weighted by Crippen LogP contribution is -2.26. The molecule has 0 unspecified atom stereocenters. The second-order valence-electron chi connectivity index (χ2n) is 19.3. The summed E-state index contributed by atoms with van der Waals surface area (Å²) in [5.74, 6) is 2.71. The van der Waals surface area contributed by atoms with Gasteiger partial charge >= 0.3 is 0 Å². The number of nitrogens with zero attached hydrogens (tertiary/aromatic N) is 9. The van der Waals surface area contributed by atoms with Gasteiger partial charge in [-0.1, -0.05) is 243 Å². The number of fused-ring (bicyclic) bond motifs is 2. The van der Waals surface area contributed by atoms with Crippen LogP contribution in [0.1, 0.15) is 0 Å². The van der Waals surface area contributed by atoms with Crippen LogP contribution in [0.3, 0.4) is 0 Å². The molecule has 0 bridgehead atoms. The number of anilines is 6. The second kappa shape index (κ2) is 20.8. The smallest absolute Gasteiger partial charge is 0.235 e. The molecule has 3 aromatic heterocycles. The van der Waals surface area contributed by atoms with Crippen LogP contribution in [0.25, 0.3) is 102 Å². The summed E-state index contributed by atoms with van der Waals surface area (Å²) in [6.07, 6.45) is 0. The standard InChI is InChI=1S/C71H47N9/c1-8-26-48(27-9-1)56-47-59(73-67(72-56)52-34-16-5-17-35-52)55-44-45-64(66(65(55)51-32-14-4-15-33-51)70-77-68(53-36-18-6-19-37-53)76-69(78-70)54-38-20-7-21-39-54)79-60-40-22-24-42-62(60)80(63-43-25-23-41-61(63)79)71-74-57(49-28-10-2-11-29-49)46-58(75-71)50-30-12-3-13-31-50/h1-47H. The highest BCUT2D eigenvalue weighted by atomic mass is 15.3. The zero-order chi connectivity index (χ0) is 53.2. The Morgan fingerprint density at radius 1 is 0.200 bits per heavy atom. The third-order valence-corrected chi connectivity index (χ3v) is 14.3. The van der Waals surface area contributed by atoms with Crippen LogP contribution < -0.4 is 9.80 Å². The van der Waals surface area contributed by atoms with E-state index in [1.165, 1.54) is 0 Å². The minimum atomic E-state index is 0.484. The van der Waals surface area contributed by atoms with Crippen LogP contribution in [0.4, 0.5) is 34.4 Å². The number of hydrogen-bond acceptors (Lipinski definition) is 9. The zero-order valence-corrected chi connectivity index (χ0v) is 43.2. The van der Waals surface area contributed by atoms with Crippen LogP contribution in [0.15, 0.2) is 285 Å². The number of para-hydroxylation sites is 4. The van der Waals surface area contributed by atoms with Gasteiger partial charge in [0.15, 0.2) is 23.3 Å². The van der Waals surface area contributed by atoms with Crippen LogP contribution >= 0.6 is 0 Å². The van der Waals surface area contributed by atoms with E-state index in [0.717, 1.165) is 107 Å². The Hall–Kier alpha value is -11.0. The van der Waals surface area contributed by atoms with Gasteiger partial charge in [0.05, 0.1) is 56.8 Å². The van der Waals surface area contributed by atoms with Crippen molar-refractivity contribution >= 4 is 34.4 Å². The molecule has 1 aliphatic heterocycles. The maximum Gasteiger partial charge on any atom is 0.235 e. The lowest BCUT2D eigenvalue weighted by molar-refractivity contribution is 1.06. The van der Waals surface area contributed by atoms with E-state index in [0.29, 0.717) is 29.2 Å². The molecule has 1 aliphatic rings. The lowest BCUT2D eigenvalue weighted by atomic mass is 9.89. The highest BCUT2D eigenvalue weighted by molar-refractivity contribution is 6.07. The minimum Gasteiger partial charge on any atom is -0.306 e. The highest BCUT2D eigenvalue weighted by Crippen LogP contribution is 2.57. The van der Waals surface area contributed by atoms with E-state index in [2.05, 4.69) is 155 Å². The highest BCUT2D eigenvalue weighted by Gasteiger charge is 2.35. The van der Waals surface area contributed by atoms with Crippen LogP contribution in [0.2, 0.25) is 0 Å². The van der Waals surface area contributed by atoms with Gasteiger partial charge < -0.3 is 4.90 Å². The largest absolute Gasteiger partial charge is 0.306 e. The van der Waals surface area contributed by atoms with E-state index in [1.54, 1.807) is 0 Å². The Morgan fingerprint density at radius 2 is 0.512 bits per heavy atom. The summed E-state index contributed by atoms with van der Waals surface area (Å²) in [5.41, 5.74) is 16.6. The maximum absolute atomic E-state index is 5.55. The van der Waals surface area contributed by atoms with Gasteiger partial charge in [0, 0.05) is 44.5 Å². The summed E-state index contributed by atoms with van der Waals surface area (Å²) in [7, 11) is 0. The molecule has 0 fully saturated rings. The monoisotopic (exact) mass is 1030 g/mol. The van der Waals surface area contributed by atoms with Gasteiger partial charge in [-0.05, 0) is 48.0 Å². The predicted molar refractivity (Wildman–Crippen MR) is 323 cm³/mol. The molecule has 0 spiro atoms. The third-order valence-electron chi connectivity index (χ3n) is 14.3. The van der Waals surface area contributed by atoms with Gasteiger partial charge in [0.1, 0.15) is 0 Å². The Bertz CT molecular complexity index is 4120. The number of rotatable bonds is 11. The summed E-state index contributed by atoms with van der Waals surface area (Å²) in [6.45, 7) is 0. The maximum atomic E-state index is 5.55. The van der Waals surface area contributed by atoms with Crippen LogP contribution in [-0.2, 0) is 0 Å². The average Bonchev–Trinajstić information content (AvgIpc) is 3.66. The first-order chi connectivity index (χ1) is 39.7. The molecular formula is C71H47N9. The molecule has 9 heteroatoms. The number of aromatic nitrogens is 7. The molecule has 13 aromatic rings. The quantitative estimate of drug-likeness (QED) is 0.125. The molecule has 80 heavy (non-hydrogen) atoms. The number of hydrogen-bond donors (Lipinski definition) is 0. The lowest BCUT2D eigenvalue weighted by Gasteiger charge is -2.40. The van der Waals surface area contributed by atoms with Crippen molar-refractivity contribution in [3.63, 3.8) is 0 Å². The molecule has 0 amide bonds. The molecular weight excluding hydrogens is 979 g/mol. The molecule has 14 rings (SSSR count). The Kier molecular flexibility index (Phi) is 12.3. The van der Waals surface area contributed by atoms with E-state index in [1.807, 2.05) is 140 Å². The van der Waals surface area contributed by atoms with Gasteiger partial charge in [-0.2, -0.15) is 0 Å². The van der Waals surface area contributed by atoms with Gasteiger partial charge in [-0.3, -0.25) is 4.90 Å². The van der Waals surface area contributed by atoms with Gasteiger partial charge in [0.25, 0.3) is 0 Å². The normalized spacial score (nSPS) is 11.7. The van der Waals surface area contributed by atoms with Gasteiger partial charge in [-0.25, -0.2) is 34.9 Å². The molecule has 0 radical (unpaired) electrons. The van der Waals surface area contributed by atoms with Gasteiger partial charge in [-0.15, -0.1) is 0 Å². The van der Waals surface area contributed by atoms with E-state index >= 15 is 0 Å². The van der Waals surface area contributed by atoms with E-state index in [4.69, 9.17) is 34.9 Å². The van der Waals surface area contributed by atoms with Gasteiger partial charge in [0.2, 0.25) is 5.95 Å². The average molecular weight is 1030 g/mol. The molecule has 376 valence electrons. The van der Waals surface area contributed by atoms with Crippen molar-refractivity contribution in [3.8, 4) is 102 Å². The Labute approximate surface area is 463 Å². The van der Waals surface area contributed by atoms with Crippen LogP contribution in [0.5, 0.6) is 0 Å². The van der Waals surface area contributed by atoms with Crippen molar-refractivity contribution in [3.05, 3.63) is 285 Å². The van der Waals surface area contributed by atoms with Crippen molar-refractivity contribution in [1.29, 1.82) is 0 Å². The van der Waals surface area contributed by atoms with E-state index in [-0.39, 0.29) is 0 Å². The van der Waals surface area contributed by atoms with E-state index in [9.17, 15) is 0 Å². The van der Waals surface area contributed by atoms with Crippen LogP contribution in [-0.4, -0.2) is 34.9 Å². The second-order valence-corrected chi connectivity index (χ2v) is 19.3. The van der Waals surface area contributed by atoms with Crippen molar-refractivity contribution in [2.45, 2.75) is 0 Å². The molecule has 10 aromatic carbocycles. The van der Waals surface area contributed by atoms with Crippen molar-refractivity contribution in [2.24, 2.45) is 0 Å². The summed E-state index contributed by atoms with van der Waals surface area (Å²) < 4.78 is 0. The Morgan fingerprint density at radius 3 is 0.938 bits per heavy atom. The summed E-state index contributed by atoms with van der Waals surface area (Å²) in [4.78, 5) is 42.3. The molecule has 9 nitrogen and oxygen atoms in total. The van der Waals surface area contributed by atoms with Crippen molar-refractivity contribution in [2.75, 3.05) is 9.80 Å². The molecule has 0 saturated carbocycles. The van der Waals surface area contributed by atoms with Crippen molar-refractivity contribution < 1.29 is 0 Å². The van der Waals surface area contributed by atoms with E-state index < -0.39 is 0 Å². The first-order valence-electron chi connectivity index (χ1n) is 26.6. The summed E-state index contributed by atoms with van der Waals surface area (Å²) in [5, 5.41) is 0. The molecule has 0 saturated heterocycles. The fraction of sp³-hybridized carbons (Fsp3) is 0. The first kappa shape index (κ1) is 47.4.